The van der Waals surface area contributed by atoms with E-state index in [0.29, 0.717) is 42.2 Å². The minimum Gasteiger partial charge on any atom is -0.507 e. The van der Waals surface area contributed by atoms with Crippen LogP contribution < -0.4 is 9.47 Å². The molecule has 3 aromatic carbocycles. The highest BCUT2D eigenvalue weighted by atomic mass is 16.5. The summed E-state index contributed by atoms with van der Waals surface area (Å²) in [5.74, 6) is -0.230. The zero-order valence-electron chi connectivity index (χ0n) is 20.7. The van der Waals surface area contributed by atoms with Crippen molar-refractivity contribution in [1.82, 2.24) is 9.88 Å². The molecule has 5 rings (SSSR count). The van der Waals surface area contributed by atoms with E-state index in [2.05, 4.69) is 4.98 Å². The second-order valence-electron chi connectivity index (χ2n) is 8.83. The number of nitrogens with one attached hydrogen (secondary N) is 1. The summed E-state index contributed by atoms with van der Waals surface area (Å²) in [7, 11) is 1.58. The summed E-state index contributed by atoms with van der Waals surface area (Å²) in [5, 5.41) is 12.4. The van der Waals surface area contributed by atoms with Gasteiger partial charge in [0.2, 0.25) is 0 Å². The van der Waals surface area contributed by atoms with Gasteiger partial charge in [-0.05, 0) is 66.9 Å². The highest BCUT2D eigenvalue weighted by molar-refractivity contribution is 6.46. The molecule has 7 heteroatoms. The first-order valence-corrected chi connectivity index (χ1v) is 12.2. The molecule has 0 unspecified atom stereocenters. The zero-order chi connectivity index (χ0) is 25.9. The number of ketones is 1. The summed E-state index contributed by atoms with van der Waals surface area (Å²) < 4.78 is 10.8. The number of carbonyl (C=O) groups is 2. The Labute approximate surface area is 214 Å². The number of aliphatic hydroxyl groups excluding tert-OH is 1. The van der Waals surface area contributed by atoms with Crippen LogP contribution in [0.25, 0.3) is 16.7 Å². The normalized spacial score (nSPS) is 16.9. The lowest BCUT2D eigenvalue weighted by atomic mass is 9.95. The van der Waals surface area contributed by atoms with Crippen LogP contribution in [0.3, 0.4) is 0 Å². The van der Waals surface area contributed by atoms with Crippen LogP contribution in [0.1, 0.15) is 29.7 Å². The third-order valence-electron chi connectivity index (χ3n) is 6.71. The first kappa shape index (κ1) is 24.2. The highest BCUT2D eigenvalue weighted by Gasteiger charge is 2.45. The number of methoxy groups -OCH3 is 1. The summed E-state index contributed by atoms with van der Waals surface area (Å²) in [6, 6.07) is 21.3. The predicted octanol–water partition coefficient (Wildman–Crippen LogP) is 5.24. The second kappa shape index (κ2) is 10.2. The SMILES string of the molecule is CCOc1ccc(C(O)=C2C(=O)C(=O)N(CCc3c[nH]c4ccccc34)[C@H]2c2ccc(OC)cc2)cc1. The number of ether oxygens (including phenoxy) is 2. The molecule has 1 atom stereocenters. The Morgan fingerprint density at radius 1 is 0.973 bits per heavy atom. The van der Waals surface area contributed by atoms with E-state index in [1.165, 1.54) is 0 Å². The number of aromatic amines is 1. The average molecular weight is 497 g/mol. The van der Waals surface area contributed by atoms with Gasteiger partial charge in [0, 0.05) is 29.2 Å². The molecular weight excluding hydrogens is 468 g/mol. The highest BCUT2D eigenvalue weighted by Crippen LogP contribution is 2.40. The van der Waals surface area contributed by atoms with Gasteiger partial charge in [-0.15, -0.1) is 0 Å². The number of hydrogen-bond donors (Lipinski definition) is 2. The number of amides is 1. The molecule has 2 heterocycles. The first-order valence-electron chi connectivity index (χ1n) is 12.2. The van der Waals surface area contributed by atoms with Gasteiger partial charge in [-0.1, -0.05) is 30.3 Å². The summed E-state index contributed by atoms with van der Waals surface area (Å²) in [6.07, 6.45) is 2.48. The molecule has 0 radical (unpaired) electrons. The van der Waals surface area contributed by atoms with Gasteiger partial charge in [0.25, 0.3) is 11.7 Å². The number of aromatic nitrogens is 1. The van der Waals surface area contributed by atoms with E-state index in [-0.39, 0.29) is 11.3 Å². The molecule has 7 nitrogen and oxygen atoms in total. The van der Waals surface area contributed by atoms with Gasteiger partial charge in [-0.3, -0.25) is 9.59 Å². The number of para-hydroxylation sites is 1. The van der Waals surface area contributed by atoms with Gasteiger partial charge in [-0.2, -0.15) is 0 Å². The number of Topliss-reactive ketones (excluding diaryl/α,β-unsaturated/α-hetero) is 1. The number of fused-ring (bicyclic) bond motifs is 1. The van der Waals surface area contributed by atoms with Crippen LogP contribution in [-0.2, 0) is 16.0 Å². The fourth-order valence-electron chi connectivity index (χ4n) is 4.85. The minimum atomic E-state index is -0.734. The van der Waals surface area contributed by atoms with E-state index < -0.39 is 17.7 Å². The summed E-state index contributed by atoms with van der Waals surface area (Å²) in [4.78, 5) is 31.4. The minimum absolute atomic E-state index is 0.0678. The van der Waals surface area contributed by atoms with Crippen molar-refractivity contribution in [2.45, 2.75) is 19.4 Å². The van der Waals surface area contributed by atoms with Gasteiger partial charge in [0.05, 0.1) is 25.3 Å². The first-order chi connectivity index (χ1) is 18.0. The lowest BCUT2D eigenvalue weighted by molar-refractivity contribution is -0.139. The van der Waals surface area contributed by atoms with E-state index >= 15 is 0 Å². The van der Waals surface area contributed by atoms with E-state index in [1.54, 1.807) is 48.4 Å². The van der Waals surface area contributed by atoms with Crippen LogP contribution in [-0.4, -0.2) is 46.9 Å². The Hall–Kier alpha value is -4.52. The van der Waals surface area contributed by atoms with Crippen LogP contribution in [0.15, 0.2) is 84.6 Å². The molecule has 2 N–H and O–H groups in total. The van der Waals surface area contributed by atoms with Crippen LogP contribution >= 0.6 is 0 Å². The van der Waals surface area contributed by atoms with Crippen LogP contribution in [0, 0.1) is 0 Å². The molecule has 1 amide bonds. The van der Waals surface area contributed by atoms with E-state index in [4.69, 9.17) is 9.47 Å². The predicted molar refractivity (Wildman–Crippen MR) is 142 cm³/mol. The van der Waals surface area contributed by atoms with Crippen molar-refractivity contribution in [1.29, 1.82) is 0 Å². The molecule has 0 spiro atoms. The number of H-pyrrole nitrogens is 1. The van der Waals surface area contributed by atoms with Gasteiger partial charge in [0.15, 0.2) is 0 Å². The van der Waals surface area contributed by atoms with Gasteiger partial charge < -0.3 is 24.5 Å². The van der Waals surface area contributed by atoms with Crippen molar-refractivity contribution in [3.63, 3.8) is 0 Å². The smallest absolute Gasteiger partial charge is 0.295 e. The van der Waals surface area contributed by atoms with Crippen molar-refractivity contribution >= 4 is 28.4 Å². The molecule has 0 bridgehead atoms. The fraction of sp³-hybridized carbons (Fsp3) is 0.200. The molecule has 1 saturated heterocycles. The van der Waals surface area contributed by atoms with Crippen molar-refractivity contribution in [2.24, 2.45) is 0 Å². The monoisotopic (exact) mass is 496 g/mol. The number of likely N-dealkylation sites (tertiary alicyclic amines) is 1. The third-order valence-corrected chi connectivity index (χ3v) is 6.71. The lowest BCUT2D eigenvalue weighted by Gasteiger charge is -2.25. The number of rotatable bonds is 8. The number of benzene rings is 3. The summed E-state index contributed by atoms with van der Waals surface area (Å²) in [5.41, 5.74) is 3.29. The maximum Gasteiger partial charge on any atom is 0.295 e. The average Bonchev–Trinajstić information content (AvgIpc) is 3.46. The van der Waals surface area contributed by atoms with Gasteiger partial charge in [-0.25, -0.2) is 0 Å². The number of aliphatic hydroxyl groups is 1. The van der Waals surface area contributed by atoms with E-state index in [9.17, 15) is 14.7 Å². The second-order valence-corrected chi connectivity index (χ2v) is 8.83. The van der Waals surface area contributed by atoms with E-state index in [0.717, 1.165) is 16.5 Å². The van der Waals surface area contributed by atoms with Crippen molar-refractivity contribution in [3.8, 4) is 11.5 Å². The van der Waals surface area contributed by atoms with Crippen LogP contribution in [0.5, 0.6) is 11.5 Å². The fourth-order valence-corrected chi connectivity index (χ4v) is 4.85. The Bertz CT molecular complexity index is 1470. The van der Waals surface area contributed by atoms with Gasteiger partial charge in [0.1, 0.15) is 17.3 Å². The lowest BCUT2D eigenvalue weighted by Crippen LogP contribution is -2.31. The molecular formula is C30H28N2O5. The number of hydrogen-bond acceptors (Lipinski definition) is 5. The maximum absolute atomic E-state index is 13.3. The summed E-state index contributed by atoms with van der Waals surface area (Å²) >= 11 is 0. The Kier molecular flexibility index (Phi) is 6.68. The summed E-state index contributed by atoms with van der Waals surface area (Å²) in [6.45, 7) is 2.72. The van der Waals surface area contributed by atoms with Crippen molar-refractivity contribution < 1.29 is 24.2 Å². The zero-order valence-corrected chi connectivity index (χ0v) is 20.7. The molecule has 1 fully saturated rings. The Balaban J connectivity index is 1.54. The molecule has 37 heavy (non-hydrogen) atoms. The largest absolute Gasteiger partial charge is 0.507 e. The van der Waals surface area contributed by atoms with Gasteiger partial charge >= 0.3 is 0 Å². The molecule has 4 aromatic rings. The van der Waals surface area contributed by atoms with Crippen molar-refractivity contribution in [3.05, 3.63) is 101 Å². The molecule has 0 aliphatic carbocycles. The maximum atomic E-state index is 13.3. The third kappa shape index (κ3) is 4.56. The number of nitrogens with zero attached hydrogens (tertiary/aromatic N) is 1. The molecule has 188 valence electrons. The van der Waals surface area contributed by atoms with Crippen LogP contribution in [0.4, 0.5) is 0 Å². The Morgan fingerprint density at radius 3 is 2.38 bits per heavy atom. The van der Waals surface area contributed by atoms with Crippen molar-refractivity contribution in [2.75, 3.05) is 20.3 Å². The quantitative estimate of drug-likeness (QED) is 0.198. The molecule has 1 aliphatic heterocycles. The van der Waals surface area contributed by atoms with E-state index in [1.807, 2.05) is 49.5 Å². The molecule has 1 aromatic heterocycles. The molecule has 1 aliphatic rings. The topological polar surface area (TPSA) is 91.9 Å². The Morgan fingerprint density at radius 2 is 1.68 bits per heavy atom. The standard InChI is InChI=1S/C30H28N2O5/c1-3-37-23-14-10-20(11-15-23)28(33)26-27(19-8-12-22(36-2)13-9-19)32(30(35)29(26)34)17-16-21-18-31-25-7-5-4-6-24(21)25/h4-15,18,27,31,33H,3,16-17H2,1-2H3/t27-/m0/s1. The number of carbonyl (C=O) groups excluding carboxylic acids is 2. The molecule has 0 saturated carbocycles. The van der Waals surface area contributed by atoms with Crippen LogP contribution in [0.2, 0.25) is 0 Å².